The number of hydrogen-bond acceptors (Lipinski definition) is 7. The number of aromatic nitrogens is 2. The van der Waals surface area contributed by atoms with Crippen LogP contribution in [0.2, 0.25) is 0 Å². The van der Waals surface area contributed by atoms with Crippen LogP contribution in [-0.4, -0.2) is 47.4 Å². The first-order valence-corrected chi connectivity index (χ1v) is 15.5. The highest BCUT2D eigenvalue weighted by molar-refractivity contribution is 7.90. The molecule has 0 saturated heterocycles. The van der Waals surface area contributed by atoms with Crippen LogP contribution in [0.5, 0.6) is 5.75 Å². The highest BCUT2D eigenvalue weighted by Crippen LogP contribution is 2.36. The molecule has 0 saturated carbocycles. The Morgan fingerprint density at radius 1 is 1.10 bits per heavy atom. The first kappa shape index (κ1) is 29.2. The maximum atomic E-state index is 13.8. The van der Waals surface area contributed by atoms with Gasteiger partial charge < -0.3 is 19.7 Å². The number of nitrogens with zero attached hydrogens (tertiary/aromatic N) is 2. The largest absolute Gasteiger partial charge is 0.484 e. The Balaban J connectivity index is 1.52. The minimum absolute atomic E-state index is 0.0174. The number of rotatable bonds is 11. The van der Waals surface area contributed by atoms with E-state index in [0.717, 1.165) is 5.56 Å². The molecule has 1 aliphatic carbocycles. The minimum Gasteiger partial charge on any atom is -0.484 e. The van der Waals surface area contributed by atoms with Crippen LogP contribution in [0, 0.1) is 0 Å². The van der Waals surface area contributed by atoms with E-state index in [9.17, 15) is 23.1 Å². The predicted molar refractivity (Wildman–Crippen MR) is 157 cm³/mol. The van der Waals surface area contributed by atoms with Gasteiger partial charge in [-0.3, -0.25) is 9.59 Å². The number of nitrogens with one attached hydrogen (secondary N) is 1. The highest BCUT2D eigenvalue weighted by atomic mass is 32.2. The number of aliphatic hydroxyl groups is 1. The molecule has 1 amide bonds. The van der Waals surface area contributed by atoms with Crippen LogP contribution in [0.3, 0.4) is 0 Å². The number of ether oxygens (including phenoxy) is 1. The molecular formula is C32H33N3O6S. The molecule has 0 aliphatic heterocycles. The first-order chi connectivity index (χ1) is 20.2. The number of ketones is 1. The summed E-state index contributed by atoms with van der Waals surface area (Å²) in [5.41, 5.74) is 2.74. The van der Waals surface area contributed by atoms with E-state index in [4.69, 9.17) is 4.74 Å². The van der Waals surface area contributed by atoms with Crippen LogP contribution in [0.15, 0.2) is 90.3 Å². The fourth-order valence-corrected chi connectivity index (χ4v) is 6.57. The predicted octanol–water partition coefficient (Wildman–Crippen LogP) is 4.31. The lowest BCUT2D eigenvalue weighted by molar-refractivity contribution is 0.0923. The van der Waals surface area contributed by atoms with Crippen molar-refractivity contribution in [2.75, 3.05) is 6.54 Å². The number of hydrogen-bond donors (Lipinski definition) is 2. The van der Waals surface area contributed by atoms with E-state index in [2.05, 4.69) is 10.3 Å². The van der Waals surface area contributed by atoms with Gasteiger partial charge in [-0.1, -0.05) is 36.4 Å². The van der Waals surface area contributed by atoms with Crippen LogP contribution in [0.4, 0.5) is 0 Å². The van der Waals surface area contributed by atoms with Gasteiger partial charge in [0.05, 0.1) is 29.6 Å². The molecule has 2 unspecified atom stereocenters. The Labute approximate surface area is 245 Å². The Morgan fingerprint density at radius 3 is 2.64 bits per heavy atom. The van der Waals surface area contributed by atoms with Gasteiger partial charge in [0.25, 0.3) is 5.91 Å². The standard InChI is InChI=1S/C32H33N3O6S/c1-22(36)18-34-32(38)24-9-5-10-25(17-24)42(39,40)20-28-26-11-6-12-29(37)27(26)13-14-30(28)41-31(19-35-16-15-33-21-35)23-7-3-2-4-8-23/h2-5,7-10,13-17,21-22,31,36H,6,11-12,18-20H2,1H3,(H,34,38). The smallest absolute Gasteiger partial charge is 0.251 e. The fraction of sp³-hybridized carbons (Fsp3) is 0.281. The summed E-state index contributed by atoms with van der Waals surface area (Å²) in [6, 6.07) is 18.9. The Kier molecular flexibility index (Phi) is 8.84. The molecule has 1 aromatic heterocycles. The van der Waals surface area contributed by atoms with Crippen molar-refractivity contribution in [2.24, 2.45) is 0 Å². The molecule has 42 heavy (non-hydrogen) atoms. The number of carbonyl (C=O) groups is 2. The number of Topliss-reactive ketones (excluding diaryl/α,β-unsaturated/α-hetero) is 1. The van der Waals surface area contributed by atoms with Crippen molar-refractivity contribution in [2.45, 2.75) is 55.6 Å². The molecule has 10 heteroatoms. The summed E-state index contributed by atoms with van der Waals surface area (Å²) in [4.78, 5) is 29.5. The molecule has 1 heterocycles. The lowest BCUT2D eigenvalue weighted by Gasteiger charge is -2.26. The fourth-order valence-electron chi connectivity index (χ4n) is 5.11. The zero-order valence-corrected chi connectivity index (χ0v) is 24.1. The molecule has 9 nitrogen and oxygen atoms in total. The van der Waals surface area contributed by atoms with Crippen molar-refractivity contribution in [3.8, 4) is 5.75 Å². The lowest BCUT2D eigenvalue weighted by atomic mass is 9.87. The van der Waals surface area contributed by atoms with Gasteiger partial charge in [0.15, 0.2) is 15.6 Å². The third kappa shape index (κ3) is 6.78. The maximum Gasteiger partial charge on any atom is 0.251 e. The van der Waals surface area contributed by atoms with Crippen molar-refractivity contribution in [3.05, 3.63) is 113 Å². The Hall–Kier alpha value is -4.28. The molecule has 3 aromatic carbocycles. The summed E-state index contributed by atoms with van der Waals surface area (Å²) in [6.07, 6.45) is 5.61. The van der Waals surface area contributed by atoms with Crippen LogP contribution in [0.1, 0.15) is 63.3 Å². The second-order valence-corrected chi connectivity index (χ2v) is 12.5. The van der Waals surface area contributed by atoms with Gasteiger partial charge in [-0.25, -0.2) is 13.4 Å². The Morgan fingerprint density at radius 2 is 1.90 bits per heavy atom. The number of imidazole rings is 1. The number of benzene rings is 3. The summed E-state index contributed by atoms with van der Waals surface area (Å²) in [7, 11) is -3.96. The molecule has 2 atom stereocenters. The Bertz CT molecular complexity index is 1670. The quantitative estimate of drug-likeness (QED) is 0.268. The monoisotopic (exact) mass is 587 g/mol. The van der Waals surface area contributed by atoms with Gasteiger partial charge in [-0.05, 0) is 61.2 Å². The third-order valence-corrected chi connectivity index (χ3v) is 8.88. The van der Waals surface area contributed by atoms with Crippen LogP contribution in [-0.2, 0) is 28.6 Å². The second-order valence-electron chi connectivity index (χ2n) is 10.5. The molecule has 0 spiro atoms. The number of amides is 1. The van der Waals surface area contributed by atoms with E-state index < -0.39 is 33.7 Å². The summed E-state index contributed by atoms with van der Waals surface area (Å²) in [5, 5.41) is 12.1. The lowest BCUT2D eigenvalue weighted by Crippen LogP contribution is -2.30. The average molecular weight is 588 g/mol. The first-order valence-electron chi connectivity index (χ1n) is 13.9. The molecule has 0 bridgehead atoms. The van der Waals surface area contributed by atoms with E-state index in [-0.39, 0.29) is 22.8 Å². The van der Waals surface area contributed by atoms with E-state index in [1.54, 1.807) is 31.6 Å². The van der Waals surface area contributed by atoms with Crippen molar-refractivity contribution in [3.63, 3.8) is 0 Å². The highest BCUT2D eigenvalue weighted by Gasteiger charge is 2.28. The van der Waals surface area contributed by atoms with E-state index in [1.165, 1.54) is 24.3 Å². The van der Waals surface area contributed by atoms with Gasteiger partial charge in [-0.2, -0.15) is 0 Å². The number of fused-ring (bicyclic) bond motifs is 1. The van der Waals surface area contributed by atoms with E-state index in [1.807, 2.05) is 41.1 Å². The van der Waals surface area contributed by atoms with Gasteiger partial charge in [0, 0.05) is 42.0 Å². The van der Waals surface area contributed by atoms with Gasteiger partial charge in [-0.15, -0.1) is 0 Å². The molecule has 4 aromatic rings. The molecule has 1 aliphatic rings. The van der Waals surface area contributed by atoms with Gasteiger partial charge in [0.1, 0.15) is 11.9 Å². The topological polar surface area (TPSA) is 128 Å². The molecule has 2 N–H and O–H groups in total. The normalized spacial score (nSPS) is 14.6. The minimum atomic E-state index is -3.96. The van der Waals surface area contributed by atoms with Crippen LogP contribution < -0.4 is 10.1 Å². The maximum absolute atomic E-state index is 13.8. The summed E-state index contributed by atoms with van der Waals surface area (Å²) in [6.45, 7) is 2.03. The molecule has 5 rings (SSSR count). The second kappa shape index (κ2) is 12.7. The number of sulfone groups is 1. The molecular weight excluding hydrogens is 554 g/mol. The molecule has 218 valence electrons. The molecule has 0 radical (unpaired) electrons. The average Bonchev–Trinajstić information content (AvgIpc) is 3.50. The number of aliphatic hydroxyl groups excluding tert-OH is 1. The number of carbonyl (C=O) groups excluding carboxylic acids is 2. The SMILES string of the molecule is CC(O)CNC(=O)c1cccc(S(=O)(=O)Cc2c(OC(Cn3ccnc3)c3ccccc3)ccc3c2CCCC3=O)c1. The zero-order valence-electron chi connectivity index (χ0n) is 23.3. The van der Waals surface area contributed by atoms with Gasteiger partial charge >= 0.3 is 0 Å². The van der Waals surface area contributed by atoms with Crippen molar-refractivity contribution in [1.29, 1.82) is 0 Å². The van der Waals surface area contributed by atoms with E-state index in [0.29, 0.717) is 48.2 Å². The van der Waals surface area contributed by atoms with Crippen molar-refractivity contribution < 1.29 is 27.9 Å². The molecule has 0 fully saturated rings. The summed E-state index contributed by atoms with van der Waals surface area (Å²) in [5.74, 6) is -0.502. The van der Waals surface area contributed by atoms with E-state index >= 15 is 0 Å². The van der Waals surface area contributed by atoms with Crippen molar-refractivity contribution >= 4 is 21.5 Å². The van der Waals surface area contributed by atoms with Crippen molar-refractivity contribution in [1.82, 2.24) is 14.9 Å². The zero-order chi connectivity index (χ0) is 29.7. The van der Waals surface area contributed by atoms with Crippen LogP contribution in [0.25, 0.3) is 0 Å². The summed E-state index contributed by atoms with van der Waals surface area (Å²) >= 11 is 0. The van der Waals surface area contributed by atoms with Crippen LogP contribution >= 0.6 is 0 Å². The summed E-state index contributed by atoms with van der Waals surface area (Å²) < 4.78 is 36.2. The third-order valence-electron chi connectivity index (χ3n) is 7.24. The van der Waals surface area contributed by atoms with Gasteiger partial charge in [0.2, 0.25) is 0 Å².